The van der Waals surface area contributed by atoms with Crippen LogP contribution in [0.2, 0.25) is 0 Å². The molecule has 0 radical (unpaired) electrons. The van der Waals surface area contributed by atoms with Crippen LogP contribution in [0.1, 0.15) is 37.7 Å². The first kappa shape index (κ1) is 16.7. The molecule has 1 aromatic carbocycles. The van der Waals surface area contributed by atoms with E-state index < -0.39 is 0 Å². The zero-order chi connectivity index (χ0) is 17.4. The minimum atomic E-state index is 0.229. The smallest absolute Gasteiger partial charge is 0.226 e. The minimum Gasteiger partial charge on any atom is -0.497 e. The zero-order valence-electron chi connectivity index (χ0n) is 15.2. The molecule has 1 heterocycles. The summed E-state index contributed by atoms with van der Waals surface area (Å²) in [4.78, 5) is 15.4. The summed E-state index contributed by atoms with van der Waals surface area (Å²) in [5, 5.41) is 3.42. The molecule has 4 rings (SSSR count). The van der Waals surface area contributed by atoms with Crippen LogP contribution in [-0.2, 0) is 11.3 Å². The highest BCUT2D eigenvalue weighted by Crippen LogP contribution is 2.59. The number of methoxy groups -OCH3 is 2. The molecule has 1 aromatic rings. The van der Waals surface area contributed by atoms with Crippen LogP contribution in [0, 0.1) is 11.3 Å². The van der Waals surface area contributed by atoms with Crippen molar-refractivity contribution in [3.8, 4) is 11.5 Å². The zero-order valence-corrected chi connectivity index (χ0v) is 15.2. The van der Waals surface area contributed by atoms with Gasteiger partial charge < -0.3 is 19.7 Å². The van der Waals surface area contributed by atoms with Crippen molar-refractivity contribution in [2.45, 2.75) is 44.7 Å². The van der Waals surface area contributed by atoms with Gasteiger partial charge in [-0.05, 0) is 68.8 Å². The molecule has 1 amide bonds. The van der Waals surface area contributed by atoms with Crippen molar-refractivity contribution in [2.24, 2.45) is 11.3 Å². The van der Waals surface area contributed by atoms with Gasteiger partial charge in [-0.15, -0.1) is 0 Å². The molecule has 0 bridgehead atoms. The number of benzene rings is 1. The van der Waals surface area contributed by atoms with Crippen LogP contribution in [-0.4, -0.2) is 44.2 Å². The summed E-state index contributed by atoms with van der Waals surface area (Å²) in [6.07, 6.45) is 5.61. The number of hydrogen-bond acceptors (Lipinski definition) is 4. The van der Waals surface area contributed by atoms with E-state index in [1.807, 2.05) is 18.2 Å². The number of amides is 1. The van der Waals surface area contributed by atoms with Crippen molar-refractivity contribution in [3.63, 3.8) is 0 Å². The van der Waals surface area contributed by atoms with Gasteiger partial charge >= 0.3 is 0 Å². The fourth-order valence-electron chi connectivity index (χ4n) is 4.34. The van der Waals surface area contributed by atoms with E-state index in [-0.39, 0.29) is 11.3 Å². The molecule has 5 heteroatoms. The molecule has 2 aliphatic carbocycles. The van der Waals surface area contributed by atoms with E-state index in [0.29, 0.717) is 18.5 Å². The Labute approximate surface area is 149 Å². The van der Waals surface area contributed by atoms with E-state index in [4.69, 9.17) is 9.47 Å². The van der Waals surface area contributed by atoms with E-state index in [1.165, 1.54) is 0 Å². The predicted molar refractivity (Wildman–Crippen MR) is 95.8 cm³/mol. The minimum absolute atomic E-state index is 0.229. The first-order valence-electron chi connectivity index (χ1n) is 9.39. The normalized spacial score (nSPS) is 24.0. The second kappa shape index (κ2) is 6.52. The van der Waals surface area contributed by atoms with Crippen LogP contribution in [0.15, 0.2) is 18.2 Å². The Balaban J connectivity index is 1.52. The van der Waals surface area contributed by atoms with Crippen LogP contribution in [0.3, 0.4) is 0 Å². The number of carbonyl (C=O) groups excluding carboxylic acids is 1. The number of hydrogen-bond donors (Lipinski definition) is 1. The predicted octanol–water partition coefficient (Wildman–Crippen LogP) is 2.58. The van der Waals surface area contributed by atoms with Crippen LogP contribution in [0.25, 0.3) is 0 Å². The van der Waals surface area contributed by atoms with Gasteiger partial charge in [-0.2, -0.15) is 0 Å². The van der Waals surface area contributed by atoms with Crippen LogP contribution < -0.4 is 14.8 Å². The Bertz CT molecular complexity index is 650. The van der Waals surface area contributed by atoms with Crippen molar-refractivity contribution in [2.75, 3.05) is 27.3 Å². The lowest BCUT2D eigenvalue weighted by molar-refractivity contribution is -0.134. The number of nitrogens with one attached hydrogen (secondary N) is 1. The molecule has 1 spiro atoms. The van der Waals surface area contributed by atoms with Crippen LogP contribution in [0.4, 0.5) is 0 Å². The first-order valence-corrected chi connectivity index (χ1v) is 9.39. The molecular formula is C20H28N2O3. The van der Waals surface area contributed by atoms with Crippen molar-refractivity contribution in [3.05, 3.63) is 23.8 Å². The summed E-state index contributed by atoms with van der Waals surface area (Å²) in [6.45, 7) is 2.72. The lowest BCUT2D eigenvalue weighted by Gasteiger charge is -2.27. The summed E-state index contributed by atoms with van der Waals surface area (Å²) >= 11 is 0. The molecule has 2 saturated carbocycles. The van der Waals surface area contributed by atoms with Crippen LogP contribution in [0.5, 0.6) is 11.5 Å². The SMILES string of the molecule is COc1ccc(OC)c(CN(C(=O)C2CC23CCNCC3)C2CC2)c1. The first-order chi connectivity index (χ1) is 12.2. The molecule has 5 nitrogen and oxygen atoms in total. The van der Waals surface area contributed by atoms with E-state index in [9.17, 15) is 4.79 Å². The Morgan fingerprint density at radius 3 is 2.64 bits per heavy atom. The second-order valence-corrected chi connectivity index (χ2v) is 7.74. The molecule has 136 valence electrons. The highest BCUT2D eigenvalue weighted by molar-refractivity contribution is 5.83. The summed E-state index contributed by atoms with van der Waals surface area (Å²) in [5.74, 6) is 2.22. The molecule has 1 saturated heterocycles. The van der Waals surface area contributed by atoms with Gasteiger partial charge in [-0.3, -0.25) is 4.79 Å². The highest BCUT2D eigenvalue weighted by atomic mass is 16.5. The van der Waals surface area contributed by atoms with E-state index in [1.54, 1.807) is 14.2 Å². The summed E-state index contributed by atoms with van der Waals surface area (Å²) in [6, 6.07) is 6.23. The Hall–Kier alpha value is -1.75. The summed E-state index contributed by atoms with van der Waals surface area (Å²) in [7, 11) is 3.35. The quantitative estimate of drug-likeness (QED) is 0.862. The van der Waals surface area contributed by atoms with Gasteiger partial charge in [-0.25, -0.2) is 0 Å². The number of ether oxygens (including phenoxy) is 2. The van der Waals surface area contributed by atoms with Gasteiger partial charge in [0.1, 0.15) is 11.5 Å². The Kier molecular flexibility index (Phi) is 4.36. The van der Waals surface area contributed by atoms with E-state index >= 15 is 0 Å². The number of nitrogens with zero attached hydrogens (tertiary/aromatic N) is 1. The monoisotopic (exact) mass is 344 g/mol. The average Bonchev–Trinajstić information content (AvgIpc) is 3.57. The molecular weight excluding hydrogens is 316 g/mol. The topological polar surface area (TPSA) is 50.8 Å². The lowest BCUT2D eigenvalue weighted by Crippen LogP contribution is -2.37. The maximum absolute atomic E-state index is 13.3. The Morgan fingerprint density at radius 2 is 2.00 bits per heavy atom. The van der Waals surface area contributed by atoms with Crippen molar-refractivity contribution >= 4 is 5.91 Å². The number of rotatable bonds is 6. The van der Waals surface area contributed by atoms with Gasteiger partial charge in [0.2, 0.25) is 5.91 Å². The molecule has 1 unspecified atom stereocenters. The molecule has 3 aliphatic rings. The maximum atomic E-state index is 13.3. The summed E-state index contributed by atoms with van der Waals surface area (Å²) in [5.41, 5.74) is 1.32. The van der Waals surface area contributed by atoms with E-state index in [0.717, 1.165) is 62.3 Å². The van der Waals surface area contributed by atoms with Crippen LogP contribution >= 0.6 is 0 Å². The molecule has 1 N–H and O–H groups in total. The molecule has 1 atom stereocenters. The number of carbonyl (C=O) groups is 1. The van der Waals surface area contributed by atoms with Crippen molar-refractivity contribution < 1.29 is 14.3 Å². The third kappa shape index (κ3) is 3.22. The number of piperidine rings is 1. The fraction of sp³-hybridized carbons (Fsp3) is 0.650. The molecule has 3 fully saturated rings. The maximum Gasteiger partial charge on any atom is 0.226 e. The molecule has 25 heavy (non-hydrogen) atoms. The van der Waals surface area contributed by atoms with Gasteiger partial charge in [0.25, 0.3) is 0 Å². The van der Waals surface area contributed by atoms with Crippen molar-refractivity contribution in [1.29, 1.82) is 0 Å². The standard InChI is InChI=1S/C20H28N2O3/c1-24-16-5-6-18(25-2)14(11-16)13-22(15-3-4-15)19(23)17-12-20(17)7-9-21-10-8-20/h5-6,11,15,17,21H,3-4,7-10,12-13H2,1-2H3. The lowest BCUT2D eigenvalue weighted by atomic mass is 9.91. The fourth-order valence-corrected chi connectivity index (χ4v) is 4.34. The Morgan fingerprint density at radius 1 is 1.24 bits per heavy atom. The third-order valence-corrected chi connectivity index (χ3v) is 6.19. The van der Waals surface area contributed by atoms with E-state index in [2.05, 4.69) is 10.2 Å². The molecule has 0 aromatic heterocycles. The largest absolute Gasteiger partial charge is 0.497 e. The summed E-state index contributed by atoms with van der Waals surface area (Å²) < 4.78 is 10.9. The second-order valence-electron chi connectivity index (χ2n) is 7.74. The van der Waals surface area contributed by atoms with Gasteiger partial charge in [-0.1, -0.05) is 0 Å². The van der Waals surface area contributed by atoms with Gasteiger partial charge in [0.15, 0.2) is 0 Å². The van der Waals surface area contributed by atoms with Gasteiger partial charge in [0, 0.05) is 24.1 Å². The third-order valence-electron chi connectivity index (χ3n) is 6.19. The highest BCUT2D eigenvalue weighted by Gasteiger charge is 2.59. The van der Waals surface area contributed by atoms with Gasteiger partial charge in [0.05, 0.1) is 14.2 Å². The van der Waals surface area contributed by atoms with Crippen molar-refractivity contribution in [1.82, 2.24) is 10.2 Å². The average molecular weight is 344 g/mol. The molecule has 1 aliphatic heterocycles.